The summed E-state index contributed by atoms with van der Waals surface area (Å²) >= 11 is 0. The van der Waals surface area contributed by atoms with E-state index in [4.69, 9.17) is 9.26 Å². The van der Waals surface area contributed by atoms with Crippen LogP contribution in [0.2, 0.25) is 0 Å². The van der Waals surface area contributed by atoms with Crippen LogP contribution in [0.25, 0.3) is 11.4 Å². The fourth-order valence-corrected chi connectivity index (χ4v) is 1.88. The third kappa shape index (κ3) is 4.20. The molecule has 1 N–H and O–H groups in total. The van der Waals surface area contributed by atoms with E-state index in [1.807, 2.05) is 19.1 Å². The van der Waals surface area contributed by atoms with Gasteiger partial charge in [-0.25, -0.2) is 4.98 Å². The highest BCUT2D eigenvalue weighted by molar-refractivity contribution is 5.90. The van der Waals surface area contributed by atoms with Crippen LogP contribution in [0.4, 0.5) is 5.82 Å². The van der Waals surface area contributed by atoms with E-state index in [1.54, 1.807) is 30.7 Å². The number of nitrogens with one attached hydrogen (secondary N) is 1. The van der Waals surface area contributed by atoms with Crippen molar-refractivity contribution in [3.05, 3.63) is 54.3 Å². The van der Waals surface area contributed by atoms with E-state index in [2.05, 4.69) is 25.4 Å². The lowest BCUT2D eigenvalue weighted by Crippen LogP contribution is -2.18. The van der Waals surface area contributed by atoms with Gasteiger partial charge in [-0.15, -0.1) is 0 Å². The Balaban J connectivity index is 1.47. The highest BCUT2D eigenvalue weighted by Gasteiger charge is 2.10. The van der Waals surface area contributed by atoms with E-state index in [9.17, 15) is 4.79 Å². The van der Waals surface area contributed by atoms with Gasteiger partial charge in [-0.3, -0.25) is 9.78 Å². The average Bonchev–Trinajstić information content (AvgIpc) is 3.07. The van der Waals surface area contributed by atoms with Gasteiger partial charge in [-0.1, -0.05) is 11.2 Å². The lowest BCUT2D eigenvalue weighted by molar-refractivity contribution is -0.121. The topological polar surface area (TPSA) is 103 Å². The monoisotopic (exact) mass is 325 g/mol. The molecule has 0 saturated heterocycles. The van der Waals surface area contributed by atoms with Crippen molar-refractivity contribution in [1.82, 2.24) is 20.1 Å². The molecule has 8 nitrogen and oxygen atoms in total. The van der Waals surface area contributed by atoms with E-state index in [0.29, 0.717) is 11.6 Å². The largest absolute Gasteiger partial charge is 0.362 e. The highest BCUT2D eigenvalue weighted by Crippen LogP contribution is 2.13. The maximum absolute atomic E-state index is 11.8. The Kier molecular flexibility index (Phi) is 4.87. The number of aromatic nitrogens is 4. The van der Waals surface area contributed by atoms with Gasteiger partial charge in [0.15, 0.2) is 0 Å². The zero-order valence-electron chi connectivity index (χ0n) is 13.0. The second-order valence-corrected chi connectivity index (χ2v) is 5.02. The summed E-state index contributed by atoms with van der Waals surface area (Å²) in [5.74, 6) is 0.884. The molecule has 0 unspecified atom stereocenters. The van der Waals surface area contributed by atoms with Gasteiger partial charge in [0.25, 0.3) is 11.8 Å². The highest BCUT2D eigenvalue weighted by atomic mass is 16.5. The van der Waals surface area contributed by atoms with Crippen LogP contribution in [0, 0.1) is 6.92 Å². The molecule has 8 heteroatoms. The van der Waals surface area contributed by atoms with E-state index in [-0.39, 0.29) is 25.0 Å². The zero-order valence-corrected chi connectivity index (χ0v) is 13.0. The minimum Gasteiger partial charge on any atom is -0.362 e. The van der Waals surface area contributed by atoms with E-state index in [0.717, 1.165) is 11.1 Å². The molecule has 0 bridgehead atoms. The maximum atomic E-state index is 11.8. The van der Waals surface area contributed by atoms with Crippen LogP contribution in [-0.2, 0) is 16.1 Å². The van der Waals surface area contributed by atoms with Crippen LogP contribution in [0.3, 0.4) is 0 Å². The number of rotatable bonds is 6. The number of hydrogen-bond acceptors (Lipinski definition) is 7. The molecule has 0 spiro atoms. The van der Waals surface area contributed by atoms with Crippen LogP contribution >= 0.6 is 0 Å². The van der Waals surface area contributed by atoms with Crippen molar-refractivity contribution < 1.29 is 14.1 Å². The fraction of sp³-hybridized carbons (Fsp3) is 0.188. The van der Waals surface area contributed by atoms with Crippen LogP contribution in [0.1, 0.15) is 11.5 Å². The summed E-state index contributed by atoms with van der Waals surface area (Å²) in [6.45, 7) is 1.83. The third-order valence-corrected chi connectivity index (χ3v) is 3.03. The number of pyridine rings is 2. The molecule has 0 atom stereocenters. The molecule has 3 heterocycles. The van der Waals surface area contributed by atoms with Gasteiger partial charge in [0.2, 0.25) is 5.82 Å². The number of ether oxygens (including phenoxy) is 1. The number of hydrogen-bond donors (Lipinski definition) is 1. The van der Waals surface area contributed by atoms with Gasteiger partial charge < -0.3 is 14.6 Å². The molecule has 0 saturated carbocycles. The number of aryl methyl sites for hydroxylation is 1. The molecule has 0 fully saturated rings. The van der Waals surface area contributed by atoms with Crippen molar-refractivity contribution in [3.8, 4) is 11.4 Å². The second kappa shape index (κ2) is 7.42. The molecule has 0 radical (unpaired) electrons. The second-order valence-electron chi connectivity index (χ2n) is 5.02. The normalized spacial score (nSPS) is 10.5. The Morgan fingerprint density at radius 2 is 2.21 bits per heavy atom. The summed E-state index contributed by atoms with van der Waals surface area (Å²) in [4.78, 5) is 24.0. The van der Waals surface area contributed by atoms with Gasteiger partial charge in [0, 0.05) is 24.2 Å². The van der Waals surface area contributed by atoms with Crippen molar-refractivity contribution in [2.24, 2.45) is 0 Å². The molecule has 0 aliphatic rings. The minimum atomic E-state index is -0.307. The summed E-state index contributed by atoms with van der Waals surface area (Å²) in [6.07, 6.45) is 4.97. The summed E-state index contributed by atoms with van der Waals surface area (Å²) in [7, 11) is 0. The Bertz CT molecular complexity index is 802. The van der Waals surface area contributed by atoms with Crippen molar-refractivity contribution >= 4 is 11.7 Å². The van der Waals surface area contributed by atoms with Gasteiger partial charge >= 0.3 is 0 Å². The first kappa shape index (κ1) is 15.8. The predicted molar refractivity (Wildman–Crippen MR) is 84.8 cm³/mol. The standard InChI is InChI=1S/C16H15N5O3/c1-11-4-5-13(18-7-11)19-14(22)9-23-10-15-20-16(21-24-15)12-3-2-6-17-8-12/h2-8H,9-10H2,1H3,(H,18,19,22). The predicted octanol–water partition coefficient (Wildman–Crippen LogP) is 1.99. The van der Waals surface area contributed by atoms with Gasteiger partial charge in [0.05, 0.1) is 0 Å². The summed E-state index contributed by atoms with van der Waals surface area (Å²) in [6, 6.07) is 7.20. The number of carbonyl (C=O) groups is 1. The molecule has 0 aromatic carbocycles. The third-order valence-electron chi connectivity index (χ3n) is 3.03. The molecule has 3 aromatic heterocycles. The van der Waals surface area contributed by atoms with Crippen LogP contribution in [0.15, 0.2) is 47.4 Å². The molecule has 3 aromatic rings. The number of carbonyl (C=O) groups excluding carboxylic acids is 1. The van der Waals surface area contributed by atoms with Crippen molar-refractivity contribution in [2.75, 3.05) is 11.9 Å². The Morgan fingerprint density at radius 3 is 2.96 bits per heavy atom. The number of anilines is 1. The first-order valence-corrected chi connectivity index (χ1v) is 7.24. The van der Waals surface area contributed by atoms with Gasteiger partial charge in [-0.05, 0) is 30.7 Å². The van der Waals surface area contributed by atoms with Crippen LogP contribution in [0.5, 0.6) is 0 Å². The van der Waals surface area contributed by atoms with Crippen molar-refractivity contribution in [1.29, 1.82) is 0 Å². The first-order chi connectivity index (χ1) is 11.7. The quantitative estimate of drug-likeness (QED) is 0.739. The van der Waals surface area contributed by atoms with Crippen LogP contribution < -0.4 is 5.32 Å². The number of nitrogens with zero attached hydrogens (tertiary/aromatic N) is 4. The average molecular weight is 325 g/mol. The zero-order chi connectivity index (χ0) is 16.8. The molecule has 0 aliphatic carbocycles. The molecule has 122 valence electrons. The van der Waals surface area contributed by atoms with Crippen LogP contribution in [-0.4, -0.2) is 32.6 Å². The van der Waals surface area contributed by atoms with E-state index in [1.165, 1.54) is 0 Å². The Hall–Kier alpha value is -3.13. The first-order valence-electron chi connectivity index (χ1n) is 7.24. The smallest absolute Gasteiger partial charge is 0.252 e. The lowest BCUT2D eigenvalue weighted by atomic mass is 10.3. The lowest BCUT2D eigenvalue weighted by Gasteiger charge is -2.04. The van der Waals surface area contributed by atoms with Gasteiger partial charge in [-0.2, -0.15) is 4.98 Å². The molecule has 1 amide bonds. The molecular weight excluding hydrogens is 310 g/mol. The van der Waals surface area contributed by atoms with Crippen molar-refractivity contribution in [2.45, 2.75) is 13.5 Å². The fourth-order valence-electron chi connectivity index (χ4n) is 1.88. The minimum absolute atomic E-state index is 0.0437. The van der Waals surface area contributed by atoms with E-state index < -0.39 is 0 Å². The summed E-state index contributed by atoms with van der Waals surface area (Å²) < 4.78 is 10.3. The number of amides is 1. The summed E-state index contributed by atoms with van der Waals surface area (Å²) in [5.41, 5.74) is 1.76. The van der Waals surface area contributed by atoms with E-state index >= 15 is 0 Å². The molecular formula is C16H15N5O3. The molecule has 24 heavy (non-hydrogen) atoms. The maximum Gasteiger partial charge on any atom is 0.252 e. The molecule has 3 rings (SSSR count). The Labute approximate surface area is 137 Å². The molecule has 0 aliphatic heterocycles. The SMILES string of the molecule is Cc1ccc(NC(=O)COCc2nc(-c3cccnc3)no2)nc1. The van der Waals surface area contributed by atoms with Gasteiger partial charge in [0.1, 0.15) is 19.0 Å². The van der Waals surface area contributed by atoms with Crippen molar-refractivity contribution in [3.63, 3.8) is 0 Å². The summed E-state index contributed by atoms with van der Waals surface area (Å²) in [5, 5.41) is 6.48. The Morgan fingerprint density at radius 1 is 1.29 bits per heavy atom.